The Labute approximate surface area is 150 Å². The number of halogens is 1. The molecule has 2 heterocycles. The number of carbonyl (C=O) groups is 1. The summed E-state index contributed by atoms with van der Waals surface area (Å²) in [6.45, 7) is 2.45. The van der Waals surface area contributed by atoms with Gasteiger partial charge in [0.05, 0.1) is 42.6 Å². The maximum absolute atomic E-state index is 11.3. The Balaban J connectivity index is 1.70. The summed E-state index contributed by atoms with van der Waals surface area (Å²) in [5.74, 6) is -0.964. The zero-order valence-corrected chi connectivity index (χ0v) is 14.5. The summed E-state index contributed by atoms with van der Waals surface area (Å²) in [6, 6.07) is 3.23. The Bertz CT molecular complexity index is 812. The number of hydrogen-bond acceptors (Lipinski definition) is 4. The smallest absolute Gasteiger partial charge is 0.335 e. The summed E-state index contributed by atoms with van der Waals surface area (Å²) in [7, 11) is 0. The van der Waals surface area contributed by atoms with Crippen molar-refractivity contribution in [1.82, 2.24) is 9.78 Å². The molecular weight excluding hydrogens is 344 g/mol. The largest absolute Gasteiger partial charge is 0.478 e. The number of aromatic nitrogens is 2. The molecular formula is C18H19ClN2O4. The maximum Gasteiger partial charge on any atom is 0.335 e. The monoisotopic (exact) mass is 362 g/mol. The number of carboxylic acids is 1. The number of aromatic carboxylic acids is 1. The standard InChI is InChI=1S/C18H19ClN2O4/c19-15-7-13(18(22)23)6-11-2-1-3-12-8-21(20-17(12)16(11)15)9-14-10-24-4-5-25-14/h6-8,14H,1-5,9-10H2,(H,22,23)/t14-/m0/s1. The van der Waals surface area contributed by atoms with E-state index in [-0.39, 0.29) is 11.7 Å². The zero-order chi connectivity index (χ0) is 17.4. The van der Waals surface area contributed by atoms with Crippen molar-refractivity contribution in [3.8, 4) is 11.3 Å². The zero-order valence-electron chi connectivity index (χ0n) is 13.7. The molecule has 1 aliphatic carbocycles. The highest BCUT2D eigenvalue weighted by molar-refractivity contribution is 6.33. The summed E-state index contributed by atoms with van der Waals surface area (Å²) in [5, 5.41) is 14.4. The van der Waals surface area contributed by atoms with Gasteiger partial charge in [0, 0.05) is 11.8 Å². The molecule has 1 N–H and O–H groups in total. The molecule has 0 amide bonds. The summed E-state index contributed by atoms with van der Waals surface area (Å²) in [4.78, 5) is 11.3. The van der Waals surface area contributed by atoms with Crippen molar-refractivity contribution in [3.05, 3.63) is 40.0 Å². The van der Waals surface area contributed by atoms with Crippen LogP contribution in [0.3, 0.4) is 0 Å². The lowest BCUT2D eigenvalue weighted by atomic mass is 9.99. The molecule has 6 nitrogen and oxygen atoms in total. The molecule has 1 aliphatic heterocycles. The number of ether oxygens (including phenoxy) is 2. The van der Waals surface area contributed by atoms with Crippen molar-refractivity contribution in [2.45, 2.75) is 31.9 Å². The lowest BCUT2D eigenvalue weighted by Gasteiger charge is -2.22. The Morgan fingerprint density at radius 3 is 2.92 bits per heavy atom. The number of fused-ring (bicyclic) bond motifs is 3. The normalized spacial score (nSPS) is 19.8. The molecule has 0 radical (unpaired) electrons. The van der Waals surface area contributed by atoms with Gasteiger partial charge in [-0.1, -0.05) is 11.6 Å². The van der Waals surface area contributed by atoms with E-state index < -0.39 is 5.97 Å². The molecule has 0 spiro atoms. The Morgan fingerprint density at radius 2 is 2.16 bits per heavy atom. The first-order chi connectivity index (χ1) is 12.1. The summed E-state index contributed by atoms with van der Waals surface area (Å²) in [6.07, 6.45) is 4.68. The van der Waals surface area contributed by atoms with Crippen LogP contribution in [0.4, 0.5) is 0 Å². The minimum absolute atomic E-state index is 0.00150. The molecule has 2 aromatic rings. The van der Waals surface area contributed by atoms with Crippen LogP contribution < -0.4 is 0 Å². The van der Waals surface area contributed by atoms with E-state index in [1.807, 2.05) is 10.9 Å². The third-order valence-electron chi connectivity index (χ3n) is 4.66. The first-order valence-electron chi connectivity index (χ1n) is 8.43. The third kappa shape index (κ3) is 3.29. The van der Waals surface area contributed by atoms with Crippen LogP contribution in [-0.2, 0) is 28.9 Å². The molecule has 0 unspecified atom stereocenters. The molecule has 0 bridgehead atoms. The van der Waals surface area contributed by atoms with Gasteiger partial charge in [-0.25, -0.2) is 4.79 Å². The van der Waals surface area contributed by atoms with Gasteiger partial charge in [0.2, 0.25) is 0 Å². The molecule has 1 aromatic carbocycles. The Hall–Kier alpha value is -1.89. The third-order valence-corrected chi connectivity index (χ3v) is 4.96. The second kappa shape index (κ2) is 6.78. The van der Waals surface area contributed by atoms with Crippen molar-refractivity contribution in [2.24, 2.45) is 0 Å². The van der Waals surface area contributed by atoms with Crippen molar-refractivity contribution in [2.75, 3.05) is 19.8 Å². The van der Waals surface area contributed by atoms with Crippen molar-refractivity contribution >= 4 is 17.6 Å². The molecule has 2 aliphatic rings. The molecule has 132 valence electrons. The number of rotatable bonds is 3. The quantitative estimate of drug-likeness (QED) is 0.908. The van der Waals surface area contributed by atoms with Gasteiger partial charge in [-0.15, -0.1) is 0 Å². The first kappa shape index (κ1) is 16.6. The van der Waals surface area contributed by atoms with Gasteiger partial charge >= 0.3 is 5.97 Å². The van der Waals surface area contributed by atoms with Gasteiger partial charge in [0.1, 0.15) is 6.10 Å². The summed E-state index contributed by atoms with van der Waals surface area (Å²) in [5.41, 5.74) is 4.02. The second-order valence-corrected chi connectivity index (χ2v) is 6.85. The van der Waals surface area contributed by atoms with E-state index >= 15 is 0 Å². The molecule has 1 atom stereocenters. The molecule has 1 fully saturated rings. The maximum atomic E-state index is 11.3. The van der Waals surface area contributed by atoms with Gasteiger partial charge in [-0.3, -0.25) is 4.68 Å². The van der Waals surface area contributed by atoms with Gasteiger partial charge in [0.25, 0.3) is 0 Å². The lowest BCUT2D eigenvalue weighted by Crippen LogP contribution is -2.32. The van der Waals surface area contributed by atoms with E-state index in [1.54, 1.807) is 6.07 Å². The topological polar surface area (TPSA) is 73.6 Å². The average molecular weight is 363 g/mol. The van der Waals surface area contributed by atoms with Crippen LogP contribution in [-0.4, -0.2) is 46.8 Å². The van der Waals surface area contributed by atoms with Crippen LogP contribution in [0.15, 0.2) is 18.3 Å². The predicted octanol–water partition coefficient (Wildman–Crippen LogP) is 2.81. The molecule has 1 saturated heterocycles. The molecule has 0 saturated carbocycles. The molecule has 7 heteroatoms. The SMILES string of the molecule is O=C(O)c1cc(Cl)c2c(c1)CCCc1cn(C[C@H]3COCCO3)nc1-2. The van der Waals surface area contributed by atoms with E-state index in [1.165, 1.54) is 6.07 Å². The van der Waals surface area contributed by atoms with Gasteiger partial charge in [0.15, 0.2) is 0 Å². The van der Waals surface area contributed by atoms with Gasteiger partial charge in [-0.05, 0) is 42.5 Å². The predicted molar refractivity (Wildman–Crippen MR) is 92.2 cm³/mol. The summed E-state index contributed by atoms with van der Waals surface area (Å²) < 4.78 is 13.0. The van der Waals surface area contributed by atoms with Crippen LogP contribution >= 0.6 is 11.6 Å². The van der Waals surface area contributed by atoms with E-state index in [4.69, 9.17) is 26.2 Å². The van der Waals surface area contributed by atoms with Crippen LogP contribution in [0.2, 0.25) is 5.02 Å². The van der Waals surface area contributed by atoms with Crippen LogP contribution in [0.25, 0.3) is 11.3 Å². The minimum Gasteiger partial charge on any atom is -0.478 e. The fourth-order valence-corrected chi connectivity index (χ4v) is 3.85. The molecule has 25 heavy (non-hydrogen) atoms. The number of nitrogens with zero attached hydrogens (tertiary/aromatic N) is 2. The fraction of sp³-hybridized carbons (Fsp3) is 0.444. The Kier molecular flexibility index (Phi) is 4.50. The van der Waals surface area contributed by atoms with Crippen LogP contribution in [0.5, 0.6) is 0 Å². The van der Waals surface area contributed by atoms with Crippen molar-refractivity contribution in [3.63, 3.8) is 0 Å². The van der Waals surface area contributed by atoms with E-state index in [9.17, 15) is 9.90 Å². The second-order valence-electron chi connectivity index (χ2n) is 6.44. The number of benzene rings is 1. The number of hydrogen-bond donors (Lipinski definition) is 1. The highest BCUT2D eigenvalue weighted by Crippen LogP contribution is 2.37. The van der Waals surface area contributed by atoms with Crippen molar-refractivity contribution < 1.29 is 19.4 Å². The van der Waals surface area contributed by atoms with Crippen LogP contribution in [0.1, 0.15) is 27.9 Å². The van der Waals surface area contributed by atoms with Crippen LogP contribution in [0, 0.1) is 0 Å². The Morgan fingerprint density at radius 1 is 1.32 bits per heavy atom. The highest BCUT2D eigenvalue weighted by atomic mass is 35.5. The van der Waals surface area contributed by atoms with Crippen molar-refractivity contribution in [1.29, 1.82) is 0 Å². The first-order valence-corrected chi connectivity index (χ1v) is 8.81. The van der Waals surface area contributed by atoms with Gasteiger partial charge < -0.3 is 14.6 Å². The minimum atomic E-state index is -0.964. The lowest BCUT2D eigenvalue weighted by molar-refractivity contribution is -0.0946. The summed E-state index contributed by atoms with van der Waals surface area (Å²) >= 11 is 6.44. The number of carboxylic acid groups (broad SMARTS) is 1. The molecule has 1 aromatic heterocycles. The number of aryl methyl sites for hydroxylation is 2. The average Bonchev–Trinajstić information content (AvgIpc) is 2.89. The highest BCUT2D eigenvalue weighted by Gasteiger charge is 2.24. The molecule has 4 rings (SSSR count). The van der Waals surface area contributed by atoms with E-state index in [0.29, 0.717) is 31.4 Å². The van der Waals surface area contributed by atoms with E-state index in [0.717, 1.165) is 41.6 Å². The van der Waals surface area contributed by atoms with E-state index in [2.05, 4.69) is 0 Å². The van der Waals surface area contributed by atoms with Gasteiger partial charge in [-0.2, -0.15) is 5.10 Å². The fourth-order valence-electron chi connectivity index (χ4n) is 3.52.